The van der Waals surface area contributed by atoms with Gasteiger partial charge < -0.3 is 10.2 Å². The molecule has 0 saturated heterocycles. The van der Waals surface area contributed by atoms with E-state index in [2.05, 4.69) is 5.10 Å². The van der Waals surface area contributed by atoms with Crippen molar-refractivity contribution >= 4 is 11.5 Å². The third-order valence-corrected chi connectivity index (χ3v) is 4.60. The summed E-state index contributed by atoms with van der Waals surface area (Å²) in [5.41, 5.74) is 3.32. The summed E-state index contributed by atoms with van der Waals surface area (Å²) >= 11 is 0. The number of carbonyl (C=O) groups is 1. The van der Waals surface area contributed by atoms with E-state index in [-0.39, 0.29) is 5.75 Å². The van der Waals surface area contributed by atoms with Gasteiger partial charge in [-0.2, -0.15) is 5.10 Å². The van der Waals surface area contributed by atoms with Crippen LogP contribution in [0.5, 0.6) is 5.75 Å². The van der Waals surface area contributed by atoms with Gasteiger partial charge in [-0.3, -0.25) is 0 Å². The lowest BCUT2D eigenvalue weighted by Crippen LogP contribution is -2.10. The fourth-order valence-corrected chi connectivity index (χ4v) is 3.34. The molecule has 0 aliphatic heterocycles. The molecule has 1 heterocycles. The summed E-state index contributed by atoms with van der Waals surface area (Å²) in [6, 6.07) is 8.95. The van der Waals surface area contributed by atoms with Crippen LogP contribution >= 0.6 is 0 Å². The van der Waals surface area contributed by atoms with Crippen LogP contribution in [0.1, 0.15) is 56.3 Å². The van der Waals surface area contributed by atoms with Crippen molar-refractivity contribution in [2.24, 2.45) is 0 Å². The van der Waals surface area contributed by atoms with Gasteiger partial charge in [-0.05, 0) is 55.7 Å². The Morgan fingerprint density at radius 3 is 2.50 bits per heavy atom. The van der Waals surface area contributed by atoms with Crippen LogP contribution in [0.4, 0.5) is 0 Å². The summed E-state index contributed by atoms with van der Waals surface area (Å²) in [6.07, 6.45) is 7.15. The molecule has 0 amide bonds. The highest BCUT2D eigenvalue weighted by molar-refractivity contribution is 5.88. The van der Waals surface area contributed by atoms with Gasteiger partial charge in [0.15, 0.2) is 0 Å². The van der Waals surface area contributed by atoms with Gasteiger partial charge >= 0.3 is 5.97 Å². The number of phenolic OH excluding ortho intramolecular Hbond substituents is 1. The fraction of sp³-hybridized carbons (Fsp3) is 0.368. The number of aromatic hydroxyl groups is 1. The third kappa shape index (κ3) is 3.50. The molecule has 1 aromatic heterocycles. The van der Waals surface area contributed by atoms with E-state index in [1.807, 2.05) is 22.9 Å². The number of phenols is 1. The molecule has 0 atom stereocenters. The van der Waals surface area contributed by atoms with Gasteiger partial charge in [0, 0.05) is 17.7 Å². The number of nitrogens with zero attached hydrogens (tertiary/aromatic N) is 2. The van der Waals surface area contributed by atoms with Crippen LogP contribution in [-0.2, 0) is 4.79 Å². The van der Waals surface area contributed by atoms with Gasteiger partial charge in [-0.15, -0.1) is 0 Å². The van der Waals surface area contributed by atoms with Gasteiger partial charge in [0.25, 0.3) is 0 Å². The molecular formula is C19H22N2O3. The summed E-state index contributed by atoms with van der Waals surface area (Å²) in [6.45, 7) is 1.77. The smallest absolute Gasteiger partial charge is 0.328 e. The normalized spacial score (nSPS) is 16.3. The number of benzene rings is 1. The van der Waals surface area contributed by atoms with Crippen LogP contribution in [0.15, 0.2) is 36.4 Å². The van der Waals surface area contributed by atoms with Crippen molar-refractivity contribution in [1.29, 1.82) is 0 Å². The first-order valence-corrected chi connectivity index (χ1v) is 8.35. The summed E-state index contributed by atoms with van der Waals surface area (Å²) in [7, 11) is 0. The molecule has 1 aliphatic carbocycles. The van der Waals surface area contributed by atoms with Gasteiger partial charge in [-0.1, -0.05) is 19.3 Å². The molecule has 2 aromatic rings. The third-order valence-electron chi connectivity index (χ3n) is 4.60. The molecule has 2 N–H and O–H groups in total. The molecule has 5 nitrogen and oxygen atoms in total. The van der Waals surface area contributed by atoms with Crippen molar-refractivity contribution in [2.75, 3.05) is 0 Å². The van der Waals surface area contributed by atoms with Crippen molar-refractivity contribution in [2.45, 2.75) is 44.9 Å². The SMILES string of the molecule is C/C(=C\C(=O)O)c1cc(C2CCCCC2)n(-c2ccc(O)cc2)n1. The number of hydrogen-bond donors (Lipinski definition) is 2. The van der Waals surface area contributed by atoms with E-state index in [1.54, 1.807) is 19.1 Å². The number of aliphatic carboxylic acids is 1. The minimum atomic E-state index is -0.967. The number of carboxylic acid groups (broad SMARTS) is 1. The average molecular weight is 326 g/mol. The first kappa shape index (κ1) is 16.3. The number of hydrogen-bond acceptors (Lipinski definition) is 3. The monoisotopic (exact) mass is 326 g/mol. The quantitative estimate of drug-likeness (QED) is 0.829. The van der Waals surface area contributed by atoms with Crippen LogP contribution in [0.25, 0.3) is 11.3 Å². The Bertz CT molecular complexity index is 753. The molecule has 24 heavy (non-hydrogen) atoms. The van der Waals surface area contributed by atoms with Crippen LogP contribution in [-0.4, -0.2) is 26.0 Å². The van der Waals surface area contributed by atoms with E-state index >= 15 is 0 Å². The van der Waals surface area contributed by atoms with Crippen molar-refractivity contribution in [1.82, 2.24) is 9.78 Å². The van der Waals surface area contributed by atoms with Gasteiger partial charge in [-0.25, -0.2) is 9.48 Å². The first-order valence-electron chi connectivity index (χ1n) is 8.35. The van der Waals surface area contributed by atoms with Crippen LogP contribution in [0.2, 0.25) is 0 Å². The van der Waals surface area contributed by atoms with Crippen LogP contribution in [0, 0.1) is 0 Å². The zero-order valence-electron chi connectivity index (χ0n) is 13.8. The zero-order valence-corrected chi connectivity index (χ0v) is 13.8. The van der Waals surface area contributed by atoms with Crippen LogP contribution in [0.3, 0.4) is 0 Å². The number of allylic oxidation sites excluding steroid dienone is 1. The highest BCUT2D eigenvalue weighted by Crippen LogP contribution is 2.35. The number of carboxylic acids is 1. The molecule has 0 radical (unpaired) electrons. The Morgan fingerprint density at radius 1 is 1.21 bits per heavy atom. The Kier molecular flexibility index (Phi) is 4.69. The first-order chi connectivity index (χ1) is 11.5. The van der Waals surface area contributed by atoms with Crippen molar-refractivity contribution < 1.29 is 15.0 Å². The maximum absolute atomic E-state index is 10.9. The second-order valence-electron chi connectivity index (χ2n) is 6.38. The number of rotatable bonds is 4. The Hall–Kier alpha value is -2.56. The van der Waals surface area contributed by atoms with Crippen molar-refractivity contribution in [3.05, 3.63) is 47.8 Å². The van der Waals surface area contributed by atoms with E-state index < -0.39 is 5.97 Å². The maximum Gasteiger partial charge on any atom is 0.328 e. The zero-order chi connectivity index (χ0) is 17.1. The summed E-state index contributed by atoms with van der Waals surface area (Å²) in [4.78, 5) is 10.9. The maximum atomic E-state index is 10.9. The van der Waals surface area contributed by atoms with Crippen LogP contribution < -0.4 is 0 Å². The topological polar surface area (TPSA) is 75.3 Å². The Morgan fingerprint density at radius 2 is 1.88 bits per heavy atom. The van der Waals surface area contributed by atoms with Gasteiger partial charge in [0.05, 0.1) is 11.4 Å². The minimum absolute atomic E-state index is 0.215. The van der Waals surface area contributed by atoms with Crippen molar-refractivity contribution in [3.8, 4) is 11.4 Å². The summed E-state index contributed by atoms with van der Waals surface area (Å²) < 4.78 is 1.89. The van der Waals surface area contributed by atoms with E-state index in [1.165, 1.54) is 25.3 Å². The van der Waals surface area contributed by atoms with Crippen molar-refractivity contribution in [3.63, 3.8) is 0 Å². The van der Waals surface area contributed by atoms with Gasteiger partial charge in [0.1, 0.15) is 5.75 Å². The molecule has 0 bridgehead atoms. The molecule has 5 heteroatoms. The second kappa shape index (κ2) is 6.91. The highest BCUT2D eigenvalue weighted by atomic mass is 16.4. The van der Waals surface area contributed by atoms with E-state index in [9.17, 15) is 9.90 Å². The summed E-state index contributed by atoms with van der Waals surface area (Å²) in [5.74, 6) is -0.315. The molecule has 0 spiro atoms. The molecule has 1 fully saturated rings. The predicted molar refractivity (Wildman–Crippen MR) is 92.3 cm³/mol. The van der Waals surface area contributed by atoms with E-state index in [4.69, 9.17) is 5.11 Å². The molecular weight excluding hydrogens is 304 g/mol. The fourth-order valence-electron chi connectivity index (χ4n) is 3.34. The lowest BCUT2D eigenvalue weighted by molar-refractivity contribution is -0.131. The Labute approximate surface area is 141 Å². The summed E-state index contributed by atoms with van der Waals surface area (Å²) in [5, 5.41) is 23.1. The average Bonchev–Trinajstić information content (AvgIpc) is 3.01. The lowest BCUT2D eigenvalue weighted by Gasteiger charge is -2.22. The largest absolute Gasteiger partial charge is 0.508 e. The molecule has 0 unspecified atom stereocenters. The molecule has 1 aliphatic rings. The predicted octanol–water partition coefficient (Wildman–Crippen LogP) is 4.11. The Balaban J connectivity index is 2.05. The van der Waals surface area contributed by atoms with E-state index in [0.717, 1.165) is 24.2 Å². The molecule has 1 aromatic carbocycles. The highest BCUT2D eigenvalue weighted by Gasteiger charge is 2.22. The molecule has 126 valence electrons. The molecule has 1 saturated carbocycles. The van der Waals surface area contributed by atoms with E-state index in [0.29, 0.717) is 17.2 Å². The number of aromatic nitrogens is 2. The standard InChI is InChI=1S/C19H22N2O3/c1-13(11-19(23)24)17-12-18(14-5-3-2-4-6-14)21(20-17)15-7-9-16(22)10-8-15/h7-12,14,22H,2-6H2,1H3,(H,23,24)/b13-11+. The minimum Gasteiger partial charge on any atom is -0.508 e. The lowest BCUT2D eigenvalue weighted by atomic mass is 9.86. The molecule has 3 rings (SSSR count). The second-order valence-corrected chi connectivity index (χ2v) is 6.38. The van der Waals surface area contributed by atoms with Gasteiger partial charge in [0.2, 0.25) is 0 Å².